The van der Waals surface area contributed by atoms with E-state index in [4.69, 9.17) is 5.11 Å². The van der Waals surface area contributed by atoms with Crippen molar-refractivity contribution in [2.75, 3.05) is 11.4 Å². The molecule has 0 atom stereocenters. The number of rotatable bonds is 2. The van der Waals surface area contributed by atoms with Crippen LogP contribution in [-0.4, -0.2) is 27.2 Å². The largest absolute Gasteiger partial charge is 0.477 e. The molecule has 1 aliphatic heterocycles. The summed E-state index contributed by atoms with van der Waals surface area (Å²) in [5.74, 6) is 0.166. The van der Waals surface area contributed by atoms with Gasteiger partial charge >= 0.3 is 5.97 Å². The molecule has 2 aromatic heterocycles. The number of carboxylic acids is 1. The van der Waals surface area contributed by atoms with Gasteiger partial charge in [-0.2, -0.15) is 0 Å². The molecule has 0 aromatic carbocycles. The van der Waals surface area contributed by atoms with Crippen LogP contribution in [0.25, 0.3) is 0 Å². The van der Waals surface area contributed by atoms with Crippen molar-refractivity contribution in [2.45, 2.75) is 13.1 Å². The Morgan fingerprint density at radius 2 is 2.35 bits per heavy atom. The maximum absolute atomic E-state index is 10.8. The van der Waals surface area contributed by atoms with Gasteiger partial charge in [-0.05, 0) is 6.07 Å². The van der Waals surface area contributed by atoms with Crippen molar-refractivity contribution in [3.8, 4) is 0 Å². The first-order chi connectivity index (χ1) is 8.24. The molecule has 3 heterocycles. The minimum atomic E-state index is -0.861. The lowest BCUT2D eigenvalue weighted by atomic mass is 10.3. The molecule has 0 saturated heterocycles. The lowest BCUT2D eigenvalue weighted by molar-refractivity contribution is 0.0702. The molecule has 0 fully saturated rings. The van der Waals surface area contributed by atoms with Crippen LogP contribution in [0.2, 0.25) is 0 Å². The summed E-state index contributed by atoms with van der Waals surface area (Å²) in [6.45, 7) is 2.52. The summed E-state index contributed by atoms with van der Waals surface area (Å²) in [6.07, 6.45) is 3.78. The number of imidazole rings is 1. The standard InChI is InChI=1S/C11H11N3O2S/c15-11(16)9-5-8(7-17-9)14-4-3-13-2-1-12-10(13)6-14/h1-2,5,7H,3-4,6H2,(H,15,16). The van der Waals surface area contributed by atoms with E-state index in [0.29, 0.717) is 4.88 Å². The third-order valence-corrected chi connectivity index (χ3v) is 3.81. The van der Waals surface area contributed by atoms with Crippen molar-refractivity contribution in [3.63, 3.8) is 0 Å². The smallest absolute Gasteiger partial charge is 0.345 e. The number of aromatic carboxylic acids is 1. The van der Waals surface area contributed by atoms with Gasteiger partial charge in [0.05, 0.1) is 6.54 Å². The first kappa shape index (κ1) is 10.3. The first-order valence-electron chi connectivity index (χ1n) is 5.31. The zero-order valence-electron chi connectivity index (χ0n) is 9.04. The maximum Gasteiger partial charge on any atom is 0.345 e. The third-order valence-electron chi connectivity index (χ3n) is 2.91. The molecule has 0 amide bonds. The fourth-order valence-electron chi connectivity index (χ4n) is 2.00. The average molecular weight is 249 g/mol. The van der Waals surface area contributed by atoms with Crippen molar-refractivity contribution < 1.29 is 9.90 Å². The summed E-state index contributed by atoms with van der Waals surface area (Å²) in [4.78, 5) is 17.7. The molecule has 88 valence electrons. The molecule has 0 radical (unpaired) electrons. The van der Waals surface area contributed by atoms with Crippen LogP contribution >= 0.6 is 11.3 Å². The second kappa shape index (κ2) is 3.89. The molecule has 0 saturated carbocycles. The van der Waals surface area contributed by atoms with Gasteiger partial charge < -0.3 is 14.6 Å². The summed E-state index contributed by atoms with van der Waals surface area (Å²) >= 11 is 1.27. The van der Waals surface area contributed by atoms with Gasteiger partial charge in [0.1, 0.15) is 10.7 Å². The number of aromatic nitrogens is 2. The van der Waals surface area contributed by atoms with E-state index in [9.17, 15) is 4.79 Å². The van der Waals surface area contributed by atoms with E-state index in [2.05, 4.69) is 14.5 Å². The molecular weight excluding hydrogens is 238 g/mol. The lowest BCUT2D eigenvalue weighted by Gasteiger charge is -2.28. The van der Waals surface area contributed by atoms with E-state index in [-0.39, 0.29) is 0 Å². The number of anilines is 1. The van der Waals surface area contributed by atoms with Crippen LogP contribution in [0.1, 0.15) is 15.5 Å². The molecule has 0 unspecified atom stereocenters. The molecule has 0 aliphatic carbocycles. The predicted molar refractivity (Wildman–Crippen MR) is 64.6 cm³/mol. The van der Waals surface area contributed by atoms with Crippen LogP contribution in [0.4, 0.5) is 5.69 Å². The Kier molecular flexibility index (Phi) is 2.36. The highest BCUT2D eigenvalue weighted by Gasteiger charge is 2.18. The summed E-state index contributed by atoms with van der Waals surface area (Å²) in [5, 5.41) is 10.8. The van der Waals surface area contributed by atoms with Gasteiger partial charge in [-0.15, -0.1) is 11.3 Å². The van der Waals surface area contributed by atoms with E-state index in [0.717, 1.165) is 31.1 Å². The van der Waals surface area contributed by atoms with Gasteiger partial charge in [0.2, 0.25) is 0 Å². The van der Waals surface area contributed by atoms with Crippen LogP contribution in [0.3, 0.4) is 0 Å². The normalized spacial score (nSPS) is 14.7. The molecule has 17 heavy (non-hydrogen) atoms. The third kappa shape index (κ3) is 1.80. The van der Waals surface area contributed by atoms with Crippen LogP contribution in [0, 0.1) is 0 Å². The SMILES string of the molecule is O=C(O)c1cc(N2CCn3ccnc3C2)cs1. The lowest BCUT2D eigenvalue weighted by Crippen LogP contribution is -2.33. The molecule has 0 bridgehead atoms. The number of nitrogens with zero attached hydrogens (tertiary/aromatic N) is 3. The Balaban J connectivity index is 1.84. The summed E-state index contributed by atoms with van der Waals surface area (Å²) in [6, 6.07) is 1.73. The highest BCUT2D eigenvalue weighted by atomic mass is 32.1. The van der Waals surface area contributed by atoms with Crippen LogP contribution in [0.15, 0.2) is 23.8 Å². The minimum Gasteiger partial charge on any atom is -0.477 e. The summed E-state index contributed by atoms with van der Waals surface area (Å²) in [7, 11) is 0. The molecule has 2 aromatic rings. The molecule has 0 spiro atoms. The van der Waals surface area contributed by atoms with Crippen LogP contribution in [-0.2, 0) is 13.1 Å². The van der Waals surface area contributed by atoms with E-state index in [1.165, 1.54) is 11.3 Å². The molecule has 6 heteroatoms. The quantitative estimate of drug-likeness (QED) is 0.879. The Hall–Kier alpha value is -1.82. The zero-order chi connectivity index (χ0) is 11.8. The van der Waals surface area contributed by atoms with Gasteiger partial charge in [-0.1, -0.05) is 0 Å². The van der Waals surface area contributed by atoms with E-state index in [1.54, 1.807) is 12.3 Å². The summed E-state index contributed by atoms with van der Waals surface area (Å²) in [5.41, 5.74) is 0.974. The van der Waals surface area contributed by atoms with Crippen molar-refractivity contribution in [1.82, 2.24) is 9.55 Å². The molecular formula is C11H11N3O2S. The van der Waals surface area contributed by atoms with Crippen LogP contribution in [0.5, 0.6) is 0 Å². The Morgan fingerprint density at radius 1 is 1.47 bits per heavy atom. The number of carbonyl (C=O) groups is 1. The highest BCUT2D eigenvalue weighted by Crippen LogP contribution is 2.26. The number of thiophene rings is 1. The van der Waals surface area contributed by atoms with Crippen LogP contribution < -0.4 is 4.90 Å². The van der Waals surface area contributed by atoms with Crippen molar-refractivity contribution >= 4 is 23.0 Å². The van der Waals surface area contributed by atoms with E-state index < -0.39 is 5.97 Å². The number of fused-ring (bicyclic) bond motifs is 1. The van der Waals surface area contributed by atoms with Crippen molar-refractivity contribution in [2.24, 2.45) is 0 Å². The molecule has 5 nitrogen and oxygen atoms in total. The summed E-state index contributed by atoms with van der Waals surface area (Å²) < 4.78 is 2.13. The second-order valence-corrected chi connectivity index (χ2v) is 4.84. The minimum absolute atomic E-state index is 0.383. The fourth-order valence-corrected chi connectivity index (χ4v) is 2.75. The van der Waals surface area contributed by atoms with Gasteiger partial charge in [0.15, 0.2) is 0 Å². The maximum atomic E-state index is 10.8. The second-order valence-electron chi connectivity index (χ2n) is 3.93. The number of hydrogen-bond acceptors (Lipinski definition) is 4. The zero-order valence-corrected chi connectivity index (χ0v) is 9.85. The number of carboxylic acid groups (broad SMARTS) is 1. The predicted octanol–water partition coefficient (Wildman–Crippen LogP) is 1.66. The molecule has 1 N–H and O–H groups in total. The average Bonchev–Trinajstić information content (AvgIpc) is 2.97. The van der Waals surface area contributed by atoms with Gasteiger partial charge in [-0.3, -0.25) is 0 Å². The topological polar surface area (TPSA) is 58.4 Å². The Labute approximate surface area is 102 Å². The molecule has 3 rings (SSSR count). The van der Waals surface area contributed by atoms with Crippen molar-refractivity contribution in [1.29, 1.82) is 0 Å². The highest BCUT2D eigenvalue weighted by molar-refractivity contribution is 7.12. The monoisotopic (exact) mass is 249 g/mol. The number of hydrogen-bond donors (Lipinski definition) is 1. The van der Waals surface area contributed by atoms with Gasteiger partial charge in [-0.25, -0.2) is 9.78 Å². The Morgan fingerprint density at radius 3 is 3.12 bits per heavy atom. The first-order valence-corrected chi connectivity index (χ1v) is 6.19. The van der Waals surface area contributed by atoms with Gasteiger partial charge in [0, 0.05) is 36.6 Å². The van der Waals surface area contributed by atoms with Crippen molar-refractivity contribution in [3.05, 3.63) is 34.5 Å². The fraction of sp³-hybridized carbons (Fsp3) is 0.273. The van der Waals surface area contributed by atoms with Gasteiger partial charge in [0.25, 0.3) is 0 Å². The van der Waals surface area contributed by atoms with E-state index >= 15 is 0 Å². The molecule has 1 aliphatic rings. The van der Waals surface area contributed by atoms with E-state index in [1.807, 2.05) is 11.6 Å². The Bertz CT molecular complexity index is 561.